The maximum Gasteiger partial charge on any atom is 0.322 e. The molecule has 1 atom stereocenters. The second-order valence-electron chi connectivity index (χ2n) is 5.07. The van der Waals surface area contributed by atoms with Gasteiger partial charge in [0.1, 0.15) is 5.54 Å². The number of nitrogens with one attached hydrogen (secondary N) is 2. The smallest absolute Gasteiger partial charge is 0.322 e. The maximum absolute atomic E-state index is 12.1. The van der Waals surface area contributed by atoms with Gasteiger partial charge in [0.2, 0.25) is 5.91 Å². The predicted octanol–water partition coefficient (Wildman–Crippen LogP) is -0.916. The number of hydrogen-bond acceptors (Lipinski definition) is 4. The lowest BCUT2D eigenvalue weighted by molar-refractivity contribution is -0.131. The minimum atomic E-state index is -0.932. The summed E-state index contributed by atoms with van der Waals surface area (Å²) in [5.41, 5.74) is -0.932. The first kappa shape index (κ1) is 12.6. The number of rotatable bonds is 3. The van der Waals surface area contributed by atoms with Crippen molar-refractivity contribution in [3.63, 3.8) is 0 Å². The molecule has 0 aromatic carbocycles. The summed E-state index contributed by atoms with van der Waals surface area (Å²) in [6.45, 7) is 1.22. The predicted molar refractivity (Wildman–Crippen MR) is 67.4 cm³/mol. The second-order valence-corrected chi connectivity index (χ2v) is 5.07. The first-order valence-electron chi connectivity index (χ1n) is 6.48. The molecule has 106 valence electrons. The molecule has 2 N–H and O–H groups in total. The average Bonchev–Trinajstić information content (AvgIpc) is 3.10. The van der Waals surface area contributed by atoms with Crippen LogP contribution in [0.4, 0.5) is 4.79 Å². The largest absolute Gasteiger partial charge is 0.340 e. The lowest BCUT2D eigenvalue weighted by Gasteiger charge is -2.21. The van der Waals surface area contributed by atoms with Crippen molar-refractivity contribution in [2.24, 2.45) is 0 Å². The van der Waals surface area contributed by atoms with E-state index in [9.17, 15) is 14.4 Å². The summed E-state index contributed by atoms with van der Waals surface area (Å²) in [6.07, 6.45) is 4.24. The van der Waals surface area contributed by atoms with Crippen molar-refractivity contribution in [1.82, 2.24) is 25.3 Å². The molecule has 0 radical (unpaired) electrons. The zero-order valence-corrected chi connectivity index (χ0v) is 10.8. The van der Waals surface area contributed by atoms with Crippen LogP contribution in [0.3, 0.4) is 0 Å². The fourth-order valence-corrected chi connectivity index (χ4v) is 2.64. The molecule has 2 aliphatic rings. The van der Waals surface area contributed by atoms with E-state index in [0.717, 1.165) is 0 Å². The van der Waals surface area contributed by atoms with Gasteiger partial charge >= 0.3 is 6.03 Å². The van der Waals surface area contributed by atoms with Crippen LogP contribution in [0.25, 0.3) is 0 Å². The van der Waals surface area contributed by atoms with E-state index in [-0.39, 0.29) is 18.4 Å². The highest BCUT2D eigenvalue weighted by molar-refractivity contribution is 6.07. The first-order chi connectivity index (χ1) is 9.59. The molecule has 3 heterocycles. The highest BCUT2D eigenvalue weighted by Crippen LogP contribution is 2.25. The number of carbonyl (C=O) groups excluding carboxylic acids is 3. The number of urea groups is 1. The Hall–Kier alpha value is -2.38. The molecule has 2 fully saturated rings. The van der Waals surface area contributed by atoms with Gasteiger partial charge in [-0.3, -0.25) is 19.6 Å². The SMILES string of the molecule is O=C1NC(=O)C2(CCN(C(=O)CCn3cccn3)C2)N1. The van der Waals surface area contributed by atoms with E-state index in [2.05, 4.69) is 15.7 Å². The minimum Gasteiger partial charge on any atom is -0.340 e. The molecule has 1 spiro atoms. The Labute approximate surface area is 115 Å². The highest BCUT2D eigenvalue weighted by atomic mass is 16.2. The van der Waals surface area contributed by atoms with Crippen molar-refractivity contribution in [2.75, 3.05) is 13.1 Å². The van der Waals surface area contributed by atoms with Crippen molar-refractivity contribution in [1.29, 1.82) is 0 Å². The van der Waals surface area contributed by atoms with Gasteiger partial charge in [0.25, 0.3) is 5.91 Å². The summed E-state index contributed by atoms with van der Waals surface area (Å²) >= 11 is 0. The zero-order valence-electron chi connectivity index (χ0n) is 10.8. The van der Waals surface area contributed by atoms with Crippen molar-refractivity contribution in [3.05, 3.63) is 18.5 Å². The summed E-state index contributed by atoms with van der Waals surface area (Å²) < 4.78 is 1.69. The average molecular weight is 277 g/mol. The quantitative estimate of drug-likeness (QED) is 0.699. The number of aryl methyl sites for hydroxylation is 1. The van der Waals surface area contributed by atoms with E-state index in [1.807, 2.05) is 0 Å². The standard InChI is InChI=1S/C12H15N5O3/c18-9(2-6-17-5-1-4-13-17)16-7-3-12(8-16)10(19)14-11(20)15-12/h1,4-5H,2-3,6-8H2,(H2,14,15,19,20). The summed E-state index contributed by atoms with van der Waals surface area (Å²) in [4.78, 5) is 36.7. The van der Waals surface area contributed by atoms with Crippen molar-refractivity contribution >= 4 is 17.8 Å². The molecule has 1 unspecified atom stereocenters. The Kier molecular flexibility index (Phi) is 2.92. The lowest BCUT2D eigenvalue weighted by Crippen LogP contribution is -2.49. The monoisotopic (exact) mass is 277 g/mol. The molecule has 3 rings (SSSR count). The number of carbonyl (C=O) groups is 3. The Morgan fingerprint density at radius 2 is 2.30 bits per heavy atom. The third kappa shape index (κ3) is 2.13. The van der Waals surface area contributed by atoms with Gasteiger partial charge in [0, 0.05) is 31.9 Å². The Balaban J connectivity index is 1.58. The van der Waals surface area contributed by atoms with E-state index in [1.54, 1.807) is 28.0 Å². The molecule has 2 aliphatic heterocycles. The van der Waals surface area contributed by atoms with Crippen molar-refractivity contribution in [3.8, 4) is 0 Å². The normalized spacial score (nSPS) is 25.1. The van der Waals surface area contributed by atoms with Gasteiger partial charge in [-0.2, -0.15) is 5.10 Å². The van der Waals surface area contributed by atoms with Gasteiger partial charge in [0.15, 0.2) is 0 Å². The van der Waals surface area contributed by atoms with Crippen LogP contribution in [-0.2, 0) is 16.1 Å². The van der Waals surface area contributed by atoms with E-state index < -0.39 is 11.6 Å². The highest BCUT2D eigenvalue weighted by Gasteiger charge is 2.51. The van der Waals surface area contributed by atoms with Crippen LogP contribution in [0.1, 0.15) is 12.8 Å². The Morgan fingerprint density at radius 3 is 2.95 bits per heavy atom. The van der Waals surface area contributed by atoms with Gasteiger partial charge < -0.3 is 10.2 Å². The van der Waals surface area contributed by atoms with Crippen LogP contribution in [0.15, 0.2) is 18.5 Å². The third-order valence-corrected chi connectivity index (χ3v) is 3.75. The van der Waals surface area contributed by atoms with Crippen molar-refractivity contribution < 1.29 is 14.4 Å². The number of aromatic nitrogens is 2. The van der Waals surface area contributed by atoms with E-state index in [4.69, 9.17) is 0 Å². The van der Waals surface area contributed by atoms with Crippen LogP contribution in [0.2, 0.25) is 0 Å². The van der Waals surface area contributed by atoms with Crippen LogP contribution in [-0.4, -0.2) is 51.2 Å². The summed E-state index contributed by atoms with van der Waals surface area (Å²) in [6, 6.07) is 1.31. The molecule has 4 amide bonds. The molecular formula is C12H15N5O3. The maximum atomic E-state index is 12.1. The van der Waals surface area contributed by atoms with Crippen LogP contribution >= 0.6 is 0 Å². The molecule has 8 heteroatoms. The fraction of sp³-hybridized carbons (Fsp3) is 0.500. The molecule has 0 saturated carbocycles. The van der Waals surface area contributed by atoms with Gasteiger partial charge in [-0.15, -0.1) is 0 Å². The number of amides is 4. The topological polar surface area (TPSA) is 96.3 Å². The number of nitrogens with zero attached hydrogens (tertiary/aromatic N) is 3. The van der Waals surface area contributed by atoms with E-state index in [1.165, 1.54) is 0 Å². The number of likely N-dealkylation sites (tertiary alicyclic amines) is 1. The van der Waals surface area contributed by atoms with Crippen molar-refractivity contribution in [2.45, 2.75) is 24.9 Å². The van der Waals surface area contributed by atoms with Crippen LogP contribution in [0, 0.1) is 0 Å². The van der Waals surface area contributed by atoms with E-state index in [0.29, 0.717) is 25.9 Å². The minimum absolute atomic E-state index is 0.0358. The lowest BCUT2D eigenvalue weighted by atomic mass is 10.00. The second kappa shape index (κ2) is 4.62. The molecular weight excluding hydrogens is 262 g/mol. The van der Waals surface area contributed by atoms with E-state index >= 15 is 0 Å². The molecule has 8 nitrogen and oxygen atoms in total. The Bertz CT molecular complexity index is 555. The van der Waals surface area contributed by atoms with Gasteiger partial charge in [-0.1, -0.05) is 0 Å². The van der Waals surface area contributed by atoms with Crippen LogP contribution < -0.4 is 10.6 Å². The molecule has 20 heavy (non-hydrogen) atoms. The first-order valence-corrected chi connectivity index (χ1v) is 6.48. The third-order valence-electron chi connectivity index (χ3n) is 3.75. The van der Waals surface area contributed by atoms with Gasteiger partial charge in [-0.05, 0) is 12.5 Å². The Morgan fingerprint density at radius 1 is 1.45 bits per heavy atom. The molecule has 1 aromatic heterocycles. The molecule has 2 saturated heterocycles. The van der Waals surface area contributed by atoms with Crippen LogP contribution in [0.5, 0.6) is 0 Å². The fourth-order valence-electron chi connectivity index (χ4n) is 2.64. The number of imide groups is 1. The van der Waals surface area contributed by atoms with Gasteiger partial charge in [-0.25, -0.2) is 4.79 Å². The zero-order chi connectivity index (χ0) is 14.2. The number of hydrogen-bond donors (Lipinski definition) is 2. The summed E-state index contributed by atoms with van der Waals surface area (Å²) in [7, 11) is 0. The molecule has 1 aromatic rings. The van der Waals surface area contributed by atoms with Gasteiger partial charge in [0.05, 0.1) is 6.54 Å². The molecule has 0 aliphatic carbocycles. The summed E-state index contributed by atoms with van der Waals surface area (Å²) in [5, 5.41) is 8.88. The molecule has 0 bridgehead atoms. The summed E-state index contributed by atoms with van der Waals surface area (Å²) in [5.74, 6) is -0.379.